The van der Waals surface area contributed by atoms with Crippen LogP contribution in [0.3, 0.4) is 0 Å². The number of carbonyl (C=O) groups excluding carboxylic acids is 1. The van der Waals surface area contributed by atoms with Crippen LogP contribution >= 0.6 is 0 Å². The summed E-state index contributed by atoms with van der Waals surface area (Å²) in [5.74, 6) is -0.786. The molecule has 0 aromatic carbocycles. The zero-order valence-corrected chi connectivity index (χ0v) is 10.6. The minimum absolute atomic E-state index is 0.0463. The summed E-state index contributed by atoms with van der Waals surface area (Å²) in [5.41, 5.74) is 4.63. The van der Waals surface area contributed by atoms with Crippen LogP contribution in [0.1, 0.15) is 32.1 Å². The van der Waals surface area contributed by atoms with E-state index in [1.165, 1.54) is 0 Å². The molecule has 0 atom stereocenters. The second-order valence-corrected chi connectivity index (χ2v) is 6.50. The summed E-state index contributed by atoms with van der Waals surface area (Å²) in [6, 6.07) is 0. The summed E-state index contributed by atoms with van der Waals surface area (Å²) >= 11 is 0. The number of nitrogens with two attached hydrogens (primary N) is 1. The smallest absolute Gasteiger partial charge is 0.224 e. The van der Waals surface area contributed by atoms with E-state index >= 15 is 0 Å². The Morgan fingerprint density at radius 3 is 2.35 bits per heavy atom. The maximum Gasteiger partial charge on any atom is 0.224 e. The Hall–Kier alpha value is -0.660. The molecule has 0 bridgehead atoms. The Morgan fingerprint density at radius 1 is 1.29 bits per heavy atom. The molecule has 0 heterocycles. The zero-order chi connectivity index (χ0) is 12.9. The number of nitrogens with one attached hydrogen (secondary N) is 1. The second kappa shape index (κ2) is 5.79. The first-order chi connectivity index (χ1) is 7.92. The van der Waals surface area contributed by atoms with E-state index in [4.69, 9.17) is 10.8 Å². The molecule has 1 amide bonds. The first-order valence-corrected chi connectivity index (χ1v) is 7.45. The van der Waals surface area contributed by atoms with Crippen molar-refractivity contribution in [2.75, 3.05) is 18.9 Å². The summed E-state index contributed by atoms with van der Waals surface area (Å²) in [6.07, 6.45) is 4.10. The molecule has 1 rings (SSSR count). The summed E-state index contributed by atoms with van der Waals surface area (Å²) < 4.78 is 25.2. The first kappa shape index (κ1) is 14.4. The number of carbonyl (C=O) groups is 1. The highest BCUT2D eigenvalue weighted by atomic mass is 32.2. The van der Waals surface area contributed by atoms with Gasteiger partial charge in [0.15, 0.2) is 0 Å². The molecule has 6 nitrogen and oxygen atoms in total. The monoisotopic (exact) mass is 264 g/mol. The molecule has 0 aliphatic heterocycles. The Balaban J connectivity index is 2.65. The predicted molar refractivity (Wildman–Crippen MR) is 63.6 cm³/mol. The fourth-order valence-electron chi connectivity index (χ4n) is 2.18. The lowest BCUT2D eigenvalue weighted by molar-refractivity contribution is -0.129. The van der Waals surface area contributed by atoms with Crippen LogP contribution in [0.2, 0.25) is 0 Å². The number of aliphatic hydroxyl groups is 1. The van der Waals surface area contributed by atoms with E-state index in [1.807, 2.05) is 0 Å². The lowest BCUT2D eigenvalue weighted by Gasteiger charge is -2.34. The second-order valence-electron chi connectivity index (χ2n) is 4.57. The summed E-state index contributed by atoms with van der Waals surface area (Å²) in [6.45, 7) is -0.385. The van der Waals surface area contributed by atoms with E-state index in [0.29, 0.717) is 12.8 Å². The van der Waals surface area contributed by atoms with Crippen molar-refractivity contribution >= 4 is 15.9 Å². The zero-order valence-electron chi connectivity index (χ0n) is 9.81. The molecule has 0 radical (unpaired) electrons. The minimum Gasteiger partial charge on any atom is -0.395 e. The van der Waals surface area contributed by atoms with Gasteiger partial charge < -0.3 is 10.8 Å². The van der Waals surface area contributed by atoms with Crippen LogP contribution in [0.15, 0.2) is 0 Å². The largest absolute Gasteiger partial charge is 0.395 e. The standard InChI is InChI=1S/C10H20N2O4S/c11-9(14)10(4-2-1-3-5-10)8-12-17(15,16)7-6-13/h12-13H,1-8H2,(H2,11,14). The van der Waals surface area contributed by atoms with Crippen molar-refractivity contribution < 1.29 is 18.3 Å². The Morgan fingerprint density at radius 2 is 1.88 bits per heavy atom. The Kier molecular flexibility index (Phi) is 4.91. The van der Waals surface area contributed by atoms with Gasteiger partial charge in [0, 0.05) is 6.54 Å². The molecule has 4 N–H and O–H groups in total. The van der Waals surface area contributed by atoms with Crippen molar-refractivity contribution in [1.82, 2.24) is 4.72 Å². The number of amides is 1. The molecule has 0 aromatic rings. The lowest BCUT2D eigenvalue weighted by Crippen LogP contribution is -2.48. The molecule has 0 saturated heterocycles. The maximum absolute atomic E-state index is 11.5. The fraction of sp³-hybridized carbons (Fsp3) is 0.900. The number of hydrogen-bond donors (Lipinski definition) is 3. The summed E-state index contributed by atoms with van der Waals surface area (Å²) in [5, 5.41) is 8.60. The normalized spacial score (nSPS) is 20.1. The molecule has 1 saturated carbocycles. The van der Waals surface area contributed by atoms with Gasteiger partial charge in [-0.1, -0.05) is 19.3 Å². The third kappa shape index (κ3) is 3.93. The predicted octanol–water partition coefficient (Wildman–Crippen LogP) is -0.666. The van der Waals surface area contributed by atoms with Crippen molar-refractivity contribution in [2.24, 2.45) is 11.1 Å². The molecule has 17 heavy (non-hydrogen) atoms. The minimum atomic E-state index is -3.51. The molecule has 0 aromatic heterocycles. The average Bonchev–Trinajstić information content (AvgIpc) is 2.28. The van der Waals surface area contributed by atoms with Crippen LogP contribution < -0.4 is 10.5 Å². The van der Waals surface area contributed by atoms with Gasteiger partial charge in [-0.05, 0) is 12.8 Å². The van der Waals surface area contributed by atoms with Gasteiger partial charge in [-0.15, -0.1) is 0 Å². The van der Waals surface area contributed by atoms with Gasteiger partial charge in [0.1, 0.15) is 0 Å². The van der Waals surface area contributed by atoms with Crippen molar-refractivity contribution in [2.45, 2.75) is 32.1 Å². The first-order valence-electron chi connectivity index (χ1n) is 5.80. The number of aliphatic hydroxyl groups excluding tert-OH is 1. The van der Waals surface area contributed by atoms with E-state index in [2.05, 4.69) is 4.72 Å². The molecule has 7 heteroatoms. The van der Waals surface area contributed by atoms with Crippen LogP contribution in [0, 0.1) is 5.41 Å². The van der Waals surface area contributed by atoms with Gasteiger partial charge in [0.05, 0.1) is 17.8 Å². The molecule has 1 aliphatic rings. The number of primary amides is 1. The van der Waals surface area contributed by atoms with E-state index in [1.54, 1.807) is 0 Å². The highest BCUT2D eigenvalue weighted by Crippen LogP contribution is 2.35. The van der Waals surface area contributed by atoms with Crippen molar-refractivity contribution in [3.63, 3.8) is 0 Å². The molecule has 0 spiro atoms. The van der Waals surface area contributed by atoms with E-state index in [9.17, 15) is 13.2 Å². The van der Waals surface area contributed by atoms with E-state index in [-0.39, 0.29) is 12.3 Å². The van der Waals surface area contributed by atoms with Crippen LogP contribution in [0.25, 0.3) is 0 Å². The molecule has 1 aliphatic carbocycles. The van der Waals surface area contributed by atoms with Crippen LogP contribution in [0.5, 0.6) is 0 Å². The fourth-order valence-corrected chi connectivity index (χ4v) is 3.06. The van der Waals surface area contributed by atoms with Crippen LogP contribution in [-0.2, 0) is 14.8 Å². The third-order valence-electron chi connectivity index (χ3n) is 3.32. The number of rotatable bonds is 6. The Labute approximate surface area is 102 Å². The third-order valence-corrected chi connectivity index (χ3v) is 4.63. The van der Waals surface area contributed by atoms with E-state index in [0.717, 1.165) is 19.3 Å². The van der Waals surface area contributed by atoms with Gasteiger partial charge in [-0.25, -0.2) is 13.1 Å². The molecular formula is C10H20N2O4S. The summed E-state index contributed by atoms with van der Waals surface area (Å²) in [7, 11) is -3.51. The molecular weight excluding hydrogens is 244 g/mol. The van der Waals surface area contributed by atoms with Gasteiger partial charge in [-0.3, -0.25) is 4.79 Å². The number of sulfonamides is 1. The topological polar surface area (TPSA) is 109 Å². The van der Waals surface area contributed by atoms with Crippen LogP contribution in [0.4, 0.5) is 0 Å². The molecule has 1 fully saturated rings. The van der Waals surface area contributed by atoms with Crippen LogP contribution in [-0.4, -0.2) is 38.3 Å². The van der Waals surface area contributed by atoms with Crippen molar-refractivity contribution in [1.29, 1.82) is 0 Å². The summed E-state index contributed by atoms with van der Waals surface area (Å²) in [4.78, 5) is 11.5. The van der Waals surface area contributed by atoms with Crippen molar-refractivity contribution in [3.05, 3.63) is 0 Å². The van der Waals surface area contributed by atoms with E-state index < -0.39 is 28.0 Å². The quantitative estimate of drug-likeness (QED) is 0.591. The molecule has 0 unspecified atom stereocenters. The number of hydrogen-bond acceptors (Lipinski definition) is 4. The SMILES string of the molecule is NC(=O)C1(CNS(=O)(=O)CCO)CCCCC1. The highest BCUT2D eigenvalue weighted by Gasteiger charge is 2.38. The lowest BCUT2D eigenvalue weighted by atomic mass is 9.73. The maximum atomic E-state index is 11.5. The van der Waals surface area contributed by atoms with Gasteiger partial charge in [0.2, 0.25) is 15.9 Å². The van der Waals surface area contributed by atoms with Gasteiger partial charge in [0.25, 0.3) is 0 Å². The molecule has 100 valence electrons. The van der Waals surface area contributed by atoms with Crippen molar-refractivity contribution in [3.8, 4) is 0 Å². The highest BCUT2D eigenvalue weighted by molar-refractivity contribution is 7.89. The average molecular weight is 264 g/mol. The van der Waals surface area contributed by atoms with Gasteiger partial charge in [-0.2, -0.15) is 0 Å². The van der Waals surface area contributed by atoms with Gasteiger partial charge >= 0.3 is 0 Å². The Bertz CT molecular complexity index is 361.